The summed E-state index contributed by atoms with van der Waals surface area (Å²) in [6.45, 7) is 6.62. The molecule has 0 saturated heterocycles. The summed E-state index contributed by atoms with van der Waals surface area (Å²) in [6.07, 6.45) is 4.87. The zero-order chi connectivity index (χ0) is 15.2. The molecular formula is C17H25N3S. The van der Waals surface area contributed by atoms with E-state index >= 15 is 0 Å². The molecule has 1 aromatic rings. The van der Waals surface area contributed by atoms with E-state index in [1.54, 1.807) is 0 Å². The fourth-order valence-electron chi connectivity index (χ4n) is 2.57. The predicted octanol–water partition coefficient (Wildman–Crippen LogP) is 4.66. The molecule has 0 aliphatic heterocycles. The van der Waals surface area contributed by atoms with Gasteiger partial charge in [-0.3, -0.25) is 5.43 Å². The maximum atomic E-state index is 5.30. The van der Waals surface area contributed by atoms with Gasteiger partial charge in [-0.05, 0) is 61.0 Å². The number of hydrogen-bond acceptors (Lipinski definition) is 2. The molecule has 1 unspecified atom stereocenters. The molecule has 1 aromatic carbocycles. The van der Waals surface area contributed by atoms with Crippen LogP contribution in [0.4, 0.5) is 5.69 Å². The Bertz CT molecular complexity index is 505. The van der Waals surface area contributed by atoms with E-state index in [1.807, 2.05) is 0 Å². The van der Waals surface area contributed by atoms with Crippen molar-refractivity contribution < 1.29 is 0 Å². The van der Waals surface area contributed by atoms with Gasteiger partial charge in [0, 0.05) is 11.4 Å². The van der Waals surface area contributed by atoms with E-state index in [2.05, 4.69) is 60.9 Å². The molecule has 0 heterocycles. The summed E-state index contributed by atoms with van der Waals surface area (Å²) in [5, 5.41) is 8.20. The number of rotatable bonds is 3. The van der Waals surface area contributed by atoms with Crippen molar-refractivity contribution in [3.63, 3.8) is 0 Å². The minimum atomic E-state index is 0.545. The van der Waals surface area contributed by atoms with E-state index in [-0.39, 0.29) is 0 Å². The lowest BCUT2D eigenvalue weighted by Crippen LogP contribution is -2.27. The van der Waals surface area contributed by atoms with Gasteiger partial charge in [0.15, 0.2) is 5.11 Å². The summed E-state index contributed by atoms with van der Waals surface area (Å²) in [5.41, 5.74) is 6.54. The van der Waals surface area contributed by atoms with Crippen LogP contribution in [0.1, 0.15) is 57.9 Å². The lowest BCUT2D eigenvalue weighted by atomic mass is 9.89. The third kappa shape index (κ3) is 4.81. The average Bonchev–Trinajstić information content (AvgIpc) is 2.47. The zero-order valence-corrected chi connectivity index (χ0v) is 14.0. The Morgan fingerprint density at radius 2 is 1.95 bits per heavy atom. The lowest BCUT2D eigenvalue weighted by Gasteiger charge is -2.20. The van der Waals surface area contributed by atoms with Crippen molar-refractivity contribution in [2.24, 2.45) is 11.0 Å². The van der Waals surface area contributed by atoms with E-state index < -0.39 is 0 Å². The number of anilines is 1. The number of benzene rings is 1. The molecule has 0 bridgehead atoms. The van der Waals surface area contributed by atoms with Crippen molar-refractivity contribution in [1.82, 2.24) is 5.43 Å². The van der Waals surface area contributed by atoms with Crippen LogP contribution in [0.15, 0.2) is 29.4 Å². The average molecular weight is 303 g/mol. The summed E-state index contributed by atoms with van der Waals surface area (Å²) in [4.78, 5) is 0. The second kappa shape index (κ2) is 7.55. The molecule has 1 aliphatic rings. The van der Waals surface area contributed by atoms with Crippen molar-refractivity contribution in [2.45, 2.75) is 52.4 Å². The highest BCUT2D eigenvalue weighted by Gasteiger charge is 2.15. The van der Waals surface area contributed by atoms with Crippen LogP contribution in [0.2, 0.25) is 0 Å². The van der Waals surface area contributed by atoms with Crippen LogP contribution in [0, 0.1) is 5.92 Å². The van der Waals surface area contributed by atoms with E-state index in [9.17, 15) is 0 Å². The standard InChI is InChI=1S/C17H25N3S/c1-12(2)14-8-10-15(11-9-14)18-17(21)20-19-16-7-5-4-6-13(16)3/h8-13H,4-7H2,1-3H3,(H2,18,20,21). The van der Waals surface area contributed by atoms with Crippen LogP contribution in [-0.2, 0) is 0 Å². The fourth-order valence-corrected chi connectivity index (χ4v) is 2.73. The van der Waals surface area contributed by atoms with E-state index in [0.717, 1.165) is 12.1 Å². The first-order chi connectivity index (χ1) is 10.1. The zero-order valence-electron chi connectivity index (χ0n) is 13.1. The van der Waals surface area contributed by atoms with Crippen LogP contribution in [0.3, 0.4) is 0 Å². The minimum absolute atomic E-state index is 0.545. The molecule has 0 amide bonds. The van der Waals surface area contributed by atoms with Gasteiger partial charge in [0.05, 0.1) is 0 Å². The highest BCUT2D eigenvalue weighted by Crippen LogP contribution is 2.20. The molecule has 0 spiro atoms. The maximum absolute atomic E-state index is 5.30. The van der Waals surface area contributed by atoms with Gasteiger partial charge in [-0.15, -0.1) is 0 Å². The molecule has 114 valence electrons. The summed E-state index contributed by atoms with van der Waals surface area (Å²) in [5.74, 6) is 1.11. The number of hydrazone groups is 1. The molecule has 1 fully saturated rings. The van der Waals surface area contributed by atoms with Gasteiger partial charge in [0.1, 0.15) is 0 Å². The highest BCUT2D eigenvalue weighted by molar-refractivity contribution is 7.80. The molecule has 1 saturated carbocycles. The quantitative estimate of drug-likeness (QED) is 0.629. The van der Waals surface area contributed by atoms with Crippen molar-refractivity contribution in [3.05, 3.63) is 29.8 Å². The van der Waals surface area contributed by atoms with Crippen molar-refractivity contribution in [1.29, 1.82) is 0 Å². The van der Waals surface area contributed by atoms with Crippen LogP contribution >= 0.6 is 12.2 Å². The summed E-state index contributed by atoms with van der Waals surface area (Å²) >= 11 is 5.30. The van der Waals surface area contributed by atoms with Crippen molar-refractivity contribution in [2.75, 3.05) is 5.32 Å². The molecule has 1 atom stereocenters. The Kier molecular flexibility index (Phi) is 5.74. The number of thiocarbonyl (C=S) groups is 1. The Hall–Kier alpha value is -1.42. The topological polar surface area (TPSA) is 36.4 Å². The smallest absolute Gasteiger partial charge is 0.191 e. The molecule has 0 radical (unpaired) electrons. The van der Waals surface area contributed by atoms with Crippen LogP contribution in [0.5, 0.6) is 0 Å². The Labute approximate surface area is 133 Å². The van der Waals surface area contributed by atoms with E-state index in [0.29, 0.717) is 16.9 Å². The van der Waals surface area contributed by atoms with E-state index in [4.69, 9.17) is 12.2 Å². The van der Waals surface area contributed by atoms with Crippen LogP contribution in [0.25, 0.3) is 0 Å². The Balaban J connectivity index is 1.88. The first kappa shape index (κ1) is 16.0. The van der Waals surface area contributed by atoms with Crippen LogP contribution in [-0.4, -0.2) is 10.8 Å². The van der Waals surface area contributed by atoms with Gasteiger partial charge in [-0.2, -0.15) is 5.10 Å². The molecule has 0 aromatic heterocycles. The first-order valence-electron chi connectivity index (χ1n) is 7.79. The normalized spacial score (nSPS) is 20.6. The highest BCUT2D eigenvalue weighted by atomic mass is 32.1. The molecule has 2 rings (SSSR count). The number of nitrogens with zero attached hydrogens (tertiary/aromatic N) is 1. The molecule has 21 heavy (non-hydrogen) atoms. The van der Waals surface area contributed by atoms with Crippen molar-refractivity contribution in [3.8, 4) is 0 Å². The second-order valence-corrected chi connectivity index (χ2v) is 6.50. The largest absolute Gasteiger partial charge is 0.331 e. The summed E-state index contributed by atoms with van der Waals surface area (Å²) < 4.78 is 0. The number of hydrogen-bond donors (Lipinski definition) is 2. The van der Waals surface area contributed by atoms with E-state index in [1.165, 1.54) is 30.5 Å². The Morgan fingerprint density at radius 3 is 2.57 bits per heavy atom. The Morgan fingerprint density at radius 1 is 1.24 bits per heavy atom. The maximum Gasteiger partial charge on any atom is 0.191 e. The minimum Gasteiger partial charge on any atom is -0.331 e. The number of nitrogens with one attached hydrogen (secondary N) is 2. The van der Waals surface area contributed by atoms with Gasteiger partial charge in [-0.1, -0.05) is 39.3 Å². The van der Waals surface area contributed by atoms with Gasteiger partial charge in [0.2, 0.25) is 0 Å². The molecule has 2 N–H and O–H groups in total. The fraction of sp³-hybridized carbons (Fsp3) is 0.529. The van der Waals surface area contributed by atoms with Gasteiger partial charge >= 0.3 is 0 Å². The third-order valence-electron chi connectivity index (χ3n) is 4.03. The molecule has 1 aliphatic carbocycles. The van der Waals surface area contributed by atoms with Gasteiger partial charge in [-0.25, -0.2) is 0 Å². The lowest BCUT2D eigenvalue weighted by molar-refractivity contribution is 0.555. The predicted molar refractivity (Wildman–Crippen MR) is 95.0 cm³/mol. The SMILES string of the molecule is CC1CCCCC1=NNC(=S)Nc1ccc(C(C)C)cc1. The summed E-state index contributed by atoms with van der Waals surface area (Å²) in [6, 6.07) is 8.37. The monoisotopic (exact) mass is 303 g/mol. The molecular weight excluding hydrogens is 278 g/mol. The molecule has 3 nitrogen and oxygen atoms in total. The van der Waals surface area contributed by atoms with Crippen LogP contribution < -0.4 is 10.7 Å². The van der Waals surface area contributed by atoms with Crippen molar-refractivity contribution >= 4 is 28.7 Å². The third-order valence-corrected chi connectivity index (χ3v) is 4.22. The van der Waals surface area contributed by atoms with Gasteiger partial charge in [0.25, 0.3) is 0 Å². The summed E-state index contributed by atoms with van der Waals surface area (Å²) in [7, 11) is 0. The second-order valence-electron chi connectivity index (χ2n) is 6.09. The van der Waals surface area contributed by atoms with Gasteiger partial charge < -0.3 is 5.32 Å². The molecule has 4 heteroatoms. The first-order valence-corrected chi connectivity index (χ1v) is 8.20.